The van der Waals surface area contributed by atoms with Gasteiger partial charge in [-0.25, -0.2) is 0 Å². The molecule has 1 saturated carbocycles. The largest absolute Gasteiger partial charge is 0.487 e. The van der Waals surface area contributed by atoms with Crippen molar-refractivity contribution in [1.29, 1.82) is 0 Å². The van der Waals surface area contributed by atoms with Crippen LogP contribution in [-0.2, 0) is 27.4 Å². The molecule has 5 rings (SSSR count). The molecule has 1 aromatic heterocycles. The second-order valence-corrected chi connectivity index (χ2v) is 9.64. The lowest BCUT2D eigenvalue weighted by Gasteiger charge is -2.22. The smallest absolute Gasteiger partial charge is 0.310 e. The van der Waals surface area contributed by atoms with Gasteiger partial charge in [-0.3, -0.25) is 14.3 Å². The van der Waals surface area contributed by atoms with Gasteiger partial charge in [0.15, 0.2) is 0 Å². The van der Waals surface area contributed by atoms with Crippen LogP contribution in [0.25, 0.3) is 22.0 Å². The minimum absolute atomic E-state index is 0.163. The highest BCUT2D eigenvalue weighted by molar-refractivity contribution is 5.88. The number of carbonyl (C=O) groups excluding carboxylic acids is 2. The number of nitrogens with one attached hydrogen (secondary N) is 1. The Morgan fingerprint density at radius 1 is 1.03 bits per heavy atom. The number of rotatable bonds is 10. The van der Waals surface area contributed by atoms with Crippen LogP contribution < -0.4 is 10.1 Å². The van der Waals surface area contributed by atoms with Gasteiger partial charge in [-0.15, -0.1) is 0 Å². The number of benzene rings is 3. The number of amides is 1. The lowest BCUT2D eigenvalue weighted by atomic mass is 9.95. The van der Waals surface area contributed by atoms with E-state index in [-0.39, 0.29) is 19.0 Å². The van der Waals surface area contributed by atoms with E-state index >= 15 is 0 Å². The number of ether oxygens (including phenoxy) is 2. The molecule has 0 radical (unpaired) electrons. The van der Waals surface area contributed by atoms with Gasteiger partial charge in [0.2, 0.25) is 6.41 Å². The topological polar surface area (TPSA) is 82.4 Å². The van der Waals surface area contributed by atoms with Gasteiger partial charge >= 0.3 is 5.97 Å². The first-order chi connectivity index (χ1) is 18.7. The van der Waals surface area contributed by atoms with Crippen molar-refractivity contribution in [2.75, 3.05) is 11.9 Å². The summed E-state index contributed by atoms with van der Waals surface area (Å²) in [6.45, 7) is 2.44. The lowest BCUT2D eigenvalue weighted by Crippen LogP contribution is -2.14. The Bertz CT molecular complexity index is 1420. The number of hydrogen-bond acceptors (Lipinski definition) is 5. The summed E-state index contributed by atoms with van der Waals surface area (Å²) >= 11 is 0. The normalized spacial score (nSPS) is 13.8. The number of esters is 1. The number of fused-ring (bicyclic) bond motifs is 1. The van der Waals surface area contributed by atoms with Gasteiger partial charge < -0.3 is 14.8 Å². The molecule has 1 N–H and O–H groups in total. The van der Waals surface area contributed by atoms with E-state index in [0.29, 0.717) is 24.8 Å². The predicted molar refractivity (Wildman–Crippen MR) is 148 cm³/mol. The van der Waals surface area contributed by atoms with Gasteiger partial charge in [0, 0.05) is 16.6 Å². The quantitative estimate of drug-likeness (QED) is 0.195. The Morgan fingerprint density at radius 2 is 1.84 bits per heavy atom. The van der Waals surface area contributed by atoms with E-state index < -0.39 is 0 Å². The third-order valence-electron chi connectivity index (χ3n) is 7.10. The molecule has 0 saturated heterocycles. The molecule has 1 aliphatic carbocycles. The monoisotopic (exact) mass is 511 g/mol. The molecule has 0 bridgehead atoms. The van der Waals surface area contributed by atoms with Gasteiger partial charge in [-0.2, -0.15) is 5.10 Å². The Balaban J connectivity index is 1.49. The van der Waals surface area contributed by atoms with E-state index in [1.165, 1.54) is 19.3 Å². The van der Waals surface area contributed by atoms with Crippen molar-refractivity contribution < 1.29 is 19.1 Å². The van der Waals surface area contributed by atoms with E-state index in [1.54, 1.807) is 6.92 Å². The Morgan fingerprint density at radius 3 is 2.66 bits per heavy atom. The fourth-order valence-corrected chi connectivity index (χ4v) is 5.26. The number of carbonyl (C=O) groups is 2. The zero-order valence-electron chi connectivity index (χ0n) is 21.7. The first-order valence-corrected chi connectivity index (χ1v) is 13.3. The molecule has 0 atom stereocenters. The van der Waals surface area contributed by atoms with Crippen LogP contribution >= 0.6 is 0 Å². The van der Waals surface area contributed by atoms with E-state index in [0.717, 1.165) is 51.8 Å². The van der Waals surface area contributed by atoms with Gasteiger partial charge in [0.05, 0.1) is 24.6 Å². The van der Waals surface area contributed by atoms with Gasteiger partial charge in [0.25, 0.3) is 0 Å². The van der Waals surface area contributed by atoms with Crippen LogP contribution in [0.4, 0.5) is 5.69 Å². The standard InChI is InChI=1S/C31H33N3O4/c1-2-37-31(36)19-24-9-6-7-14-30(24)38-20-28-27-18-23(22-10-8-11-25(17-22)32-21-35)15-16-29(27)34(33-28)26-12-4-3-5-13-26/h6-11,14-18,21,26H,2-5,12-13,19-20H2,1H3,(H,32,35). The fourth-order valence-electron chi connectivity index (χ4n) is 5.26. The van der Waals surface area contributed by atoms with Gasteiger partial charge in [-0.1, -0.05) is 55.7 Å². The number of para-hydroxylation sites is 1. The molecule has 196 valence electrons. The molecule has 1 heterocycles. The summed E-state index contributed by atoms with van der Waals surface area (Å²) in [7, 11) is 0. The summed E-state index contributed by atoms with van der Waals surface area (Å²) in [5, 5.41) is 8.85. The average molecular weight is 512 g/mol. The molecular weight excluding hydrogens is 478 g/mol. The highest BCUT2D eigenvalue weighted by Gasteiger charge is 2.21. The molecule has 0 unspecified atom stereocenters. The minimum Gasteiger partial charge on any atom is -0.487 e. The SMILES string of the molecule is CCOC(=O)Cc1ccccc1OCc1nn(C2CCCCC2)c2ccc(-c3cccc(NC=O)c3)cc12. The maximum absolute atomic E-state index is 12.1. The Labute approximate surface area is 222 Å². The van der Waals surface area contributed by atoms with Crippen molar-refractivity contribution in [2.45, 2.75) is 58.1 Å². The molecule has 0 aliphatic heterocycles. The molecule has 1 fully saturated rings. The van der Waals surface area contributed by atoms with Crippen LogP contribution in [0.3, 0.4) is 0 Å². The van der Waals surface area contributed by atoms with Crippen molar-refractivity contribution in [3.8, 4) is 16.9 Å². The minimum atomic E-state index is -0.272. The van der Waals surface area contributed by atoms with E-state index in [9.17, 15) is 9.59 Å². The summed E-state index contributed by atoms with van der Waals surface area (Å²) in [5.74, 6) is 0.385. The van der Waals surface area contributed by atoms with Gasteiger partial charge in [0.1, 0.15) is 18.1 Å². The van der Waals surface area contributed by atoms with Gasteiger partial charge in [-0.05, 0) is 61.2 Å². The zero-order valence-corrected chi connectivity index (χ0v) is 21.7. The first-order valence-electron chi connectivity index (χ1n) is 13.3. The third kappa shape index (κ3) is 5.72. The van der Waals surface area contributed by atoms with E-state index in [2.05, 4.69) is 28.2 Å². The predicted octanol–water partition coefficient (Wildman–Crippen LogP) is 6.46. The van der Waals surface area contributed by atoms with Crippen molar-refractivity contribution in [3.63, 3.8) is 0 Å². The molecule has 4 aromatic rings. The summed E-state index contributed by atoms with van der Waals surface area (Å²) < 4.78 is 13.6. The summed E-state index contributed by atoms with van der Waals surface area (Å²) in [6.07, 6.45) is 6.81. The van der Waals surface area contributed by atoms with Crippen molar-refractivity contribution in [3.05, 3.63) is 78.0 Å². The van der Waals surface area contributed by atoms with E-state index in [1.807, 2.05) is 48.5 Å². The molecular formula is C31H33N3O4. The maximum Gasteiger partial charge on any atom is 0.310 e. The average Bonchev–Trinajstić information content (AvgIpc) is 3.31. The molecule has 1 aliphatic rings. The van der Waals surface area contributed by atoms with Crippen LogP contribution in [0, 0.1) is 0 Å². The molecule has 7 heteroatoms. The summed E-state index contributed by atoms with van der Waals surface area (Å²) in [6, 6.07) is 22.2. The zero-order chi connectivity index (χ0) is 26.3. The van der Waals surface area contributed by atoms with Crippen molar-refractivity contribution in [2.24, 2.45) is 0 Å². The molecule has 0 spiro atoms. The Kier molecular flexibility index (Phi) is 8.02. The highest BCUT2D eigenvalue weighted by Crippen LogP contribution is 2.34. The summed E-state index contributed by atoms with van der Waals surface area (Å²) in [5.41, 5.74) is 5.55. The van der Waals surface area contributed by atoms with Crippen LogP contribution in [0.5, 0.6) is 5.75 Å². The third-order valence-corrected chi connectivity index (χ3v) is 7.10. The summed E-state index contributed by atoms with van der Waals surface area (Å²) in [4.78, 5) is 23.0. The lowest BCUT2D eigenvalue weighted by molar-refractivity contribution is -0.142. The second kappa shape index (κ2) is 11.9. The second-order valence-electron chi connectivity index (χ2n) is 9.64. The van der Waals surface area contributed by atoms with Crippen LogP contribution in [0.1, 0.15) is 56.3 Å². The van der Waals surface area contributed by atoms with Crippen LogP contribution in [0.15, 0.2) is 66.7 Å². The highest BCUT2D eigenvalue weighted by atomic mass is 16.5. The van der Waals surface area contributed by atoms with Crippen LogP contribution in [0.2, 0.25) is 0 Å². The molecule has 7 nitrogen and oxygen atoms in total. The number of nitrogens with zero attached hydrogens (tertiary/aromatic N) is 2. The van der Waals surface area contributed by atoms with Crippen molar-refractivity contribution in [1.82, 2.24) is 9.78 Å². The number of hydrogen-bond donors (Lipinski definition) is 1. The van der Waals surface area contributed by atoms with Crippen molar-refractivity contribution >= 4 is 29.0 Å². The Hall–Kier alpha value is -4.13. The molecule has 38 heavy (non-hydrogen) atoms. The fraction of sp³-hybridized carbons (Fsp3) is 0.323. The maximum atomic E-state index is 12.1. The van der Waals surface area contributed by atoms with Crippen LogP contribution in [-0.4, -0.2) is 28.8 Å². The number of aromatic nitrogens is 2. The molecule has 1 amide bonds. The first kappa shape index (κ1) is 25.5. The number of anilines is 1. The molecule has 3 aromatic carbocycles. The van der Waals surface area contributed by atoms with E-state index in [4.69, 9.17) is 14.6 Å².